The highest BCUT2D eigenvalue weighted by molar-refractivity contribution is 5.22. The second kappa shape index (κ2) is 10.5. The minimum atomic E-state index is -0.142. The summed E-state index contributed by atoms with van der Waals surface area (Å²) in [4.78, 5) is 0. The maximum Gasteiger partial charge on any atom is 0.357 e. The van der Waals surface area contributed by atoms with E-state index in [9.17, 15) is 0 Å². The Balaban J connectivity index is 1.84. The molecule has 0 fully saturated rings. The van der Waals surface area contributed by atoms with Gasteiger partial charge in [0.1, 0.15) is 11.5 Å². The number of halogens is 1. The average Bonchev–Trinajstić information content (AvgIpc) is 2.58. The van der Waals surface area contributed by atoms with Crippen LogP contribution in [-0.4, -0.2) is 13.2 Å². The average molecular weight is 425 g/mol. The molecular formula is C20H26IO2+. The van der Waals surface area contributed by atoms with Crippen LogP contribution in [-0.2, 0) is 0 Å². The Bertz CT molecular complexity index is 497. The molecule has 2 rings (SSSR count). The van der Waals surface area contributed by atoms with Crippen molar-refractivity contribution in [2.24, 2.45) is 0 Å². The molecule has 0 spiro atoms. The van der Waals surface area contributed by atoms with E-state index < -0.39 is 0 Å². The minimum Gasteiger partial charge on any atom is -0.494 e. The summed E-state index contributed by atoms with van der Waals surface area (Å²) in [7, 11) is 0. The number of unbranched alkanes of at least 4 members (excludes halogenated alkanes) is 2. The summed E-state index contributed by atoms with van der Waals surface area (Å²) < 4.78 is 14.2. The molecule has 0 aliphatic rings. The second-order valence-corrected chi connectivity index (χ2v) is 8.44. The van der Waals surface area contributed by atoms with E-state index in [0.29, 0.717) is 0 Å². The number of rotatable bonds is 10. The van der Waals surface area contributed by atoms with Gasteiger partial charge < -0.3 is 9.47 Å². The van der Waals surface area contributed by atoms with Crippen molar-refractivity contribution in [3.8, 4) is 11.5 Å². The quantitative estimate of drug-likeness (QED) is 0.429. The molecule has 2 aromatic carbocycles. The number of benzene rings is 2. The highest BCUT2D eigenvalue weighted by atomic mass is 127. The fourth-order valence-electron chi connectivity index (χ4n) is 1.98. The van der Waals surface area contributed by atoms with Gasteiger partial charge in [-0.15, -0.1) is 0 Å². The fourth-order valence-corrected chi connectivity index (χ4v) is 4.14. The molecule has 0 aliphatic heterocycles. The van der Waals surface area contributed by atoms with Crippen LogP contribution in [0.15, 0.2) is 48.5 Å². The first-order valence-corrected chi connectivity index (χ1v) is 10.6. The van der Waals surface area contributed by atoms with Crippen LogP contribution in [0.25, 0.3) is 0 Å². The predicted octanol–water partition coefficient (Wildman–Crippen LogP) is 2.17. The van der Waals surface area contributed by atoms with Gasteiger partial charge in [0.15, 0.2) is 7.14 Å². The third kappa shape index (κ3) is 6.81. The SMILES string of the molecule is CCCCOc1ccc([I+]c2ccc(OCCCC)cc2)cc1. The Labute approximate surface area is 150 Å². The van der Waals surface area contributed by atoms with Gasteiger partial charge in [0, 0.05) is 0 Å². The minimum absolute atomic E-state index is 0.142. The molecule has 0 saturated carbocycles. The molecule has 0 unspecified atom stereocenters. The first kappa shape index (κ1) is 18.1. The maximum atomic E-state index is 5.71. The van der Waals surface area contributed by atoms with Crippen LogP contribution in [0.5, 0.6) is 11.5 Å². The summed E-state index contributed by atoms with van der Waals surface area (Å²) in [5, 5.41) is 0. The van der Waals surface area contributed by atoms with Crippen LogP contribution in [0.3, 0.4) is 0 Å². The van der Waals surface area contributed by atoms with E-state index in [1.807, 2.05) is 0 Å². The van der Waals surface area contributed by atoms with Gasteiger partial charge in [-0.3, -0.25) is 0 Å². The molecule has 0 atom stereocenters. The lowest BCUT2D eigenvalue weighted by Gasteiger charge is -2.04. The highest BCUT2D eigenvalue weighted by Gasteiger charge is 2.15. The summed E-state index contributed by atoms with van der Waals surface area (Å²) >= 11 is -0.142. The van der Waals surface area contributed by atoms with E-state index in [1.54, 1.807) is 0 Å². The molecule has 0 saturated heterocycles. The normalized spacial score (nSPS) is 10.5. The topological polar surface area (TPSA) is 18.5 Å². The van der Waals surface area contributed by atoms with E-state index in [-0.39, 0.29) is 21.2 Å². The van der Waals surface area contributed by atoms with Crippen molar-refractivity contribution >= 4 is 0 Å². The van der Waals surface area contributed by atoms with Gasteiger partial charge >= 0.3 is 21.2 Å². The molecule has 3 heteroatoms. The van der Waals surface area contributed by atoms with Gasteiger partial charge in [-0.05, 0) is 61.4 Å². The lowest BCUT2D eigenvalue weighted by molar-refractivity contribution is -0.597. The first-order valence-electron chi connectivity index (χ1n) is 8.42. The van der Waals surface area contributed by atoms with Crippen molar-refractivity contribution in [3.63, 3.8) is 0 Å². The first-order chi connectivity index (χ1) is 11.3. The Hall–Kier alpha value is -1.23. The molecular weight excluding hydrogens is 399 g/mol. The highest BCUT2D eigenvalue weighted by Crippen LogP contribution is 2.10. The van der Waals surface area contributed by atoms with E-state index in [0.717, 1.165) is 37.6 Å². The van der Waals surface area contributed by atoms with E-state index in [1.165, 1.54) is 20.0 Å². The van der Waals surface area contributed by atoms with Crippen LogP contribution in [0, 0.1) is 7.14 Å². The van der Waals surface area contributed by atoms with Crippen molar-refractivity contribution < 1.29 is 30.7 Å². The van der Waals surface area contributed by atoms with Gasteiger partial charge in [0.2, 0.25) is 0 Å². The molecule has 0 aromatic heterocycles. The molecule has 0 heterocycles. The molecule has 23 heavy (non-hydrogen) atoms. The number of hydrogen-bond acceptors (Lipinski definition) is 2. The van der Waals surface area contributed by atoms with Crippen LogP contribution < -0.4 is 30.7 Å². The summed E-state index contributed by atoms with van der Waals surface area (Å²) in [5.74, 6) is 1.96. The van der Waals surface area contributed by atoms with Gasteiger partial charge in [0.25, 0.3) is 0 Å². The van der Waals surface area contributed by atoms with Crippen molar-refractivity contribution in [1.29, 1.82) is 0 Å². The standard InChI is InChI=1S/C20H26IO2/c1-3-5-15-22-19-11-7-17(8-12-19)21-18-9-13-20(14-10-18)23-16-6-4-2/h7-14H,3-6,15-16H2,1-2H3/q+1. The lowest BCUT2D eigenvalue weighted by atomic mass is 10.3. The van der Waals surface area contributed by atoms with Crippen LogP contribution in [0.2, 0.25) is 0 Å². The summed E-state index contributed by atoms with van der Waals surface area (Å²) in [6, 6.07) is 17.1. The Morgan fingerprint density at radius 1 is 0.652 bits per heavy atom. The van der Waals surface area contributed by atoms with Gasteiger partial charge in [-0.1, -0.05) is 26.7 Å². The third-order valence-corrected chi connectivity index (χ3v) is 6.06. The Morgan fingerprint density at radius 2 is 1.04 bits per heavy atom. The fraction of sp³-hybridized carbons (Fsp3) is 0.400. The molecule has 0 N–H and O–H groups in total. The summed E-state index contributed by atoms with van der Waals surface area (Å²) in [5.41, 5.74) is 0. The zero-order chi connectivity index (χ0) is 16.3. The molecule has 2 aromatic rings. The van der Waals surface area contributed by atoms with Gasteiger partial charge in [-0.25, -0.2) is 0 Å². The molecule has 0 radical (unpaired) electrons. The molecule has 0 bridgehead atoms. The van der Waals surface area contributed by atoms with Crippen molar-refractivity contribution in [1.82, 2.24) is 0 Å². The Kier molecular flexibility index (Phi) is 8.29. The molecule has 124 valence electrons. The van der Waals surface area contributed by atoms with Gasteiger partial charge in [-0.2, -0.15) is 0 Å². The smallest absolute Gasteiger partial charge is 0.357 e. The molecule has 2 nitrogen and oxygen atoms in total. The van der Waals surface area contributed by atoms with E-state index >= 15 is 0 Å². The van der Waals surface area contributed by atoms with Crippen molar-refractivity contribution in [3.05, 3.63) is 55.7 Å². The zero-order valence-corrected chi connectivity index (χ0v) is 16.2. The number of ether oxygens (including phenoxy) is 2. The largest absolute Gasteiger partial charge is 0.494 e. The van der Waals surface area contributed by atoms with E-state index in [2.05, 4.69) is 62.4 Å². The van der Waals surface area contributed by atoms with Crippen molar-refractivity contribution in [2.75, 3.05) is 13.2 Å². The van der Waals surface area contributed by atoms with Crippen LogP contribution in [0.4, 0.5) is 0 Å². The lowest BCUT2D eigenvalue weighted by Crippen LogP contribution is -3.61. The van der Waals surface area contributed by atoms with E-state index in [4.69, 9.17) is 9.47 Å². The summed E-state index contributed by atoms with van der Waals surface area (Å²) in [6.07, 6.45) is 4.56. The monoisotopic (exact) mass is 425 g/mol. The Morgan fingerprint density at radius 3 is 1.39 bits per heavy atom. The molecule has 0 aliphatic carbocycles. The van der Waals surface area contributed by atoms with Gasteiger partial charge in [0.05, 0.1) is 13.2 Å². The third-order valence-electron chi connectivity index (χ3n) is 3.38. The molecule has 0 amide bonds. The van der Waals surface area contributed by atoms with Crippen LogP contribution >= 0.6 is 0 Å². The predicted molar refractivity (Wildman–Crippen MR) is 91.1 cm³/mol. The van der Waals surface area contributed by atoms with Crippen molar-refractivity contribution in [2.45, 2.75) is 39.5 Å². The van der Waals surface area contributed by atoms with Crippen LogP contribution in [0.1, 0.15) is 39.5 Å². The maximum absolute atomic E-state index is 5.71. The zero-order valence-electron chi connectivity index (χ0n) is 14.1. The second-order valence-electron chi connectivity index (χ2n) is 5.41. The summed E-state index contributed by atoms with van der Waals surface area (Å²) in [6.45, 7) is 5.98. The number of hydrogen-bond donors (Lipinski definition) is 0.